The zero-order valence-corrected chi connectivity index (χ0v) is 11.7. The van der Waals surface area contributed by atoms with E-state index in [4.69, 9.17) is 15.2 Å². The van der Waals surface area contributed by atoms with Gasteiger partial charge in [0.15, 0.2) is 21.3 Å². The summed E-state index contributed by atoms with van der Waals surface area (Å²) in [5.74, 6) is 0.623. The second kappa shape index (κ2) is 4.11. The topological polar surface area (TPSA) is 102 Å². The monoisotopic (exact) mass is 294 g/mol. The van der Waals surface area contributed by atoms with Crippen molar-refractivity contribution in [3.63, 3.8) is 0 Å². The van der Waals surface area contributed by atoms with Crippen molar-refractivity contribution in [2.24, 2.45) is 5.73 Å². The number of nitriles is 1. The fourth-order valence-corrected chi connectivity index (χ4v) is 4.62. The molecule has 0 radical (unpaired) electrons. The van der Waals surface area contributed by atoms with E-state index in [0.29, 0.717) is 17.1 Å². The van der Waals surface area contributed by atoms with Gasteiger partial charge in [0, 0.05) is 11.7 Å². The average molecular weight is 294 g/mol. The third kappa shape index (κ3) is 1.69. The van der Waals surface area contributed by atoms with Crippen LogP contribution < -0.4 is 15.2 Å². The van der Waals surface area contributed by atoms with Crippen LogP contribution in [0, 0.1) is 11.3 Å². The van der Waals surface area contributed by atoms with Gasteiger partial charge in [0.2, 0.25) is 6.79 Å². The van der Waals surface area contributed by atoms with Crippen molar-refractivity contribution >= 4 is 9.84 Å². The van der Waals surface area contributed by atoms with Crippen LogP contribution in [0.5, 0.6) is 11.5 Å². The third-order valence-electron chi connectivity index (χ3n) is 3.92. The fourth-order valence-electron chi connectivity index (χ4n) is 2.75. The molecule has 1 aromatic carbocycles. The standard InChI is InChI=1S/C13H14N2O4S/c1-2-20(16,17)12-11(13(12,15)6-14)8-3-4-9-10(5-8)19-7-18-9/h3-5,11-12H,2,7,15H2,1H3. The van der Waals surface area contributed by atoms with Crippen molar-refractivity contribution in [1.82, 2.24) is 0 Å². The molecule has 2 N–H and O–H groups in total. The van der Waals surface area contributed by atoms with Crippen molar-refractivity contribution in [2.75, 3.05) is 12.5 Å². The fraction of sp³-hybridized carbons (Fsp3) is 0.462. The third-order valence-corrected chi connectivity index (χ3v) is 6.16. The zero-order chi connectivity index (χ0) is 14.5. The smallest absolute Gasteiger partial charge is 0.231 e. The predicted octanol–water partition coefficient (Wildman–Crippen LogP) is 0.537. The first-order chi connectivity index (χ1) is 9.44. The molecule has 1 saturated carbocycles. The lowest BCUT2D eigenvalue weighted by atomic mass is 10.1. The number of nitrogens with zero attached hydrogens (tertiary/aromatic N) is 1. The molecule has 7 heteroatoms. The zero-order valence-electron chi connectivity index (χ0n) is 10.9. The van der Waals surface area contributed by atoms with Gasteiger partial charge in [-0.2, -0.15) is 5.26 Å². The Labute approximate surface area is 117 Å². The summed E-state index contributed by atoms with van der Waals surface area (Å²) in [6.07, 6.45) is 0. The van der Waals surface area contributed by atoms with Crippen LogP contribution in [0.1, 0.15) is 18.4 Å². The predicted molar refractivity (Wildman–Crippen MR) is 71.1 cm³/mol. The minimum absolute atomic E-state index is 0.0284. The Morgan fingerprint density at radius 2 is 2.15 bits per heavy atom. The lowest BCUT2D eigenvalue weighted by Crippen LogP contribution is -2.29. The highest BCUT2D eigenvalue weighted by atomic mass is 32.2. The number of ether oxygens (including phenoxy) is 2. The summed E-state index contributed by atoms with van der Waals surface area (Å²) >= 11 is 0. The average Bonchev–Trinajstić information content (AvgIpc) is 2.83. The molecule has 3 rings (SSSR count). The van der Waals surface area contributed by atoms with Crippen molar-refractivity contribution in [3.8, 4) is 17.6 Å². The van der Waals surface area contributed by atoms with Crippen molar-refractivity contribution in [3.05, 3.63) is 23.8 Å². The van der Waals surface area contributed by atoms with Gasteiger partial charge in [0.05, 0.1) is 6.07 Å². The molecule has 1 heterocycles. The summed E-state index contributed by atoms with van der Waals surface area (Å²) < 4.78 is 34.6. The molecule has 1 fully saturated rings. The number of nitrogens with two attached hydrogens (primary N) is 1. The van der Waals surface area contributed by atoms with Crippen molar-refractivity contribution < 1.29 is 17.9 Å². The quantitative estimate of drug-likeness (QED) is 0.872. The number of rotatable bonds is 3. The summed E-state index contributed by atoms with van der Waals surface area (Å²) in [5, 5.41) is 8.37. The van der Waals surface area contributed by atoms with E-state index in [0.717, 1.165) is 0 Å². The Balaban J connectivity index is 2.01. The van der Waals surface area contributed by atoms with E-state index >= 15 is 0 Å². The van der Waals surface area contributed by atoms with Gasteiger partial charge in [-0.3, -0.25) is 0 Å². The SMILES string of the molecule is CCS(=O)(=O)C1C(c2ccc3c(c2)OCO3)C1(N)C#N. The van der Waals surface area contributed by atoms with Gasteiger partial charge in [-0.25, -0.2) is 8.42 Å². The molecular weight excluding hydrogens is 280 g/mol. The van der Waals surface area contributed by atoms with Crippen LogP contribution in [0.3, 0.4) is 0 Å². The van der Waals surface area contributed by atoms with Crippen LogP contribution >= 0.6 is 0 Å². The van der Waals surface area contributed by atoms with Crippen LogP contribution in [0.2, 0.25) is 0 Å². The molecule has 0 spiro atoms. The second-order valence-electron chi connectivity index (χ2n) is 5.01. The molecular formula is C13H14N2O4S. The molecule has 3 unspecified atom stereocenters. The van der Waals surface area contributed by atoms with Gasteiger partial charge < -0.3 is 15.2 Å². The highest BCUT2D eigenvalue weighted by molar-refractivity contribution is 7.92. The Morgan fingerprint density at radius 1 is 1.45 bits per heavy atom. The van der Waals surface area contributed by atoms with Gasteiger partial charge in [-0.15, -0.1) is 0 Å². The van der Waals surface area contributed by atoms with Gasteiger partial charge in [0.25, 0.3) is 0 Å². The first-order valence-corrected chi connectivity index (χ1v) is 7.97. The first kappa shape index (κ1) is 13.2. The highest BCUT2D eigenvalue weighted by Crippen LogP contribution is 2.55. The van der Waals surface area contributed by atoms with Crippen LogP contribution in [-0.2, 0) is 9.84 Å². The molecule has 0 amide bonds. The lowest BCUT2D eigenvalue weighted by Gasteiger charge is -2.02. The minimum atomic E-state index is -3.38. The molecule has 3 atom stereocenters. The van der Waals surface area contributed by atoms with Gasteiger partial charge in [-0.05, 0) is 17.7 Å². The summed E-state index contributed by atoms with van der Waals surface area (Å²) in [4.78, 5) is 0. The van der Waals surface area contributed by atoms with Crippen LogP contribution in [0.4, 0.5) is 0 Å². The number of hydrogen-bond donors (Lipinski definition) is 1. The molecule has 0 aromatic heterocycles. The maximum atomic E-state index is 12.1. The molecule has 1 aromatic rings. The van der Waals surface area contributed by atoms with E-state index in [9.17, 15) is 13.7 Å². The van der Waals surface area contributed by atoms with Crippen molar-refractivity contribution in [2.45, 2.75) is 23.6 Å². The maximum Gasteiger partial charge on any atom is 0.231 e. The minimum Gasteiger partial charge on any atom is -0.454 e. The summed E-state index contributed by atoms with van der Waals surface area (Å²) in [6, 6.07) is 7.10. The van der Waals surface area contributed by atoms with Crippen molar-refractivity contribution in [1.29, 1.82) is 5.26 Å². The molecule has 20 heavy (non-hydrogen) atoms. The lowest BCUT2D eigenvalue weighted by molar-refractivity contribution is 0.174. The van der Waals surface area contributed by atoms with E-state index < -0.39 is 26.5 Å². The number of benzene rings is 1. The van der Waals surface area contributed by atoms with E-state index in [2.05, 4.69) is 0 Å². The van der Waals surface area contributed by atoms with Gasteiger partial charge in [0.1, 0.15) is 10.8 Å². The first-order valence-electron chi connectivity index (χ1n) is 6.25. The number of hydrogen-bond acceptors (Lipinski definition) is 6. The van der Waals surface area contributed by atoms with Gasteiger partial charge >= 0.3 is 0 Å². The molecule has 6 nitrogen and oxygen atoms in total. The Kier molecular flexibility index (Phi) is 2.71. The Morgan fingerprint density at radius 3 is 2.80 bits per heavy atom. The Hall–Kier alpha value is -1.78. The summed E-state index contributed by atoms with van der Waals surface area (Å²) in [7, 11) is -3.38. The molecule has 0 bridgehead atoms. The second-order valence-corrected chi connectivity index (χ2v) is 7.42. The van der Waals surface area contributed by atoms with Crippen LogP contribution in [0.15, 0.2) is 18.2 Å². The maximum absolute atomic E-state index is 12.1. The van der Waals surface area contributed by atoms with E-state index in [1.54, 1.807) is 25.1 Å². The molecule has 0 saturated heterocycles. The molecule has 1 aliphatic carbocycles. The van der Waals surface area contributed by atoms with Crippen LogP contribution in [0.25, 0.3) is 0 Å². The highest BCUT2D eigenvalue weighted by Gasteiger charge is 2.69. The molecule has 2 aliphatic rings. The molecule has 1 aliphatic heterocycles. The van der Waals surface area contributed by atoms with E-state index in [1.165, 1.54) is 0 Å². The summed E-state index contributed by atoms with van der Waals surface area (Å²) in [6.45, 7) is 1.70. The largest absolute Gasteiger partial charge is 0.454 e. The van der Waals surface area contributed by atoms with E-state index in [1.807, 2.05) is 6.07 Å². The van der Waals surface area contributed by atoms with Crippen LogP contribution in [-0.4, -0.2) is 31.8 Å². The van der Waals surface area contributed by atoms with E-state index in [-0.39, 0.29) is 12.5 Å². The summed E-state index contributed by atoms with van der Waals surface area (Å²) in [5.41, 5.74) is 5.30. The number of fused-ring (bicyclic) bond motifs is 1. The Bertz CT molecular complexity index is 710. The van der Waals surface area contributed by atoms with Gasteiger partial charge in [-0.1, -0.05) is 13.0 Å². The normalized spacial score (nSPS) is 30.9. The number of sulfone groups is 1. The molecule has 106 valence electrons.